The van der Waals surface area contributed by atoms with Crippen molar-refractivity contribution >= 4 is 22.6 Å². The van der Waals surface area contributed by atoms with Crippen molar-refractivity contribution < 1.29 is 9.90 Å². The lowest BCUT2D eigenvalue weighted by Gasteiger charge is -2.10. The minimum absolute atomic E-state index is 0.0896. The Balaban J connectivity index is 2.37. The maximum Gasteiger partial charge on any atom is 0.326 e. The van der Waals surface area contributed by atoms with E-state index in [9.17, 15) is 9.59 Å². The van der Waals surface area contributed by atoms with Crippen molar-refractivity contribution in [1.29, 1.82) is 0 Å². The van der Waals surface area contributed by atoms with Gasteiger partial charge in [0, 0.05) is 12.3 Å². The Bertz CT molecular complexity index is 850. The lowest BCUT2D eigenvalue weighted by molar-refractivity contribution is -0.140. The highest BCUT2D eigenvalue weighted by Gasteiger charge is 2.17. The second-order valence-electron chi connectivity index (χ2n) is 4.08. The maximum absolute atomic E-state index is 12.2. The first-order valence-electron chi connectivity index (χ1n) is 5.53. The SMILES string of the molecule is C[C@@H](C(=O)O)n1ccc2c(nnc3ccnn32)c1=O. The summed E-state index contributed by atoms with van der Waals surface area (Å²) in [4.78, 5) is 23.1. The van der Waals surface area contributed by atoms with Gasteiger partial charge < -0.3 is 5.11 Å². The first-order valence-corrected chi connectivity index (χ1v) is 5.53. The lowest BCUT2D eigenvalue weighted by Crippen LogP contribution is -2.28. The zero-order valence-corrected chi connectivity index (χ0v) is 9.89. The van der Waals surface area contributed by atoms with Crippen LogP contribution in [0.2, 0.25) is 0 Å². The highest BCUT2D eigenvalue weighted by atomic mass is 16.4. The molecular formula is C11H9N5O3. The maximum atomic E-state index is 12.2. The number of hydrogen-bond acceptors (Lipinski definition) is 5. The van der Waals surface area contributed by atoms with E-state index in [2.05, 4.69) is 15.3 Å². The second-order valence-corrected chi connectivity index (χ2v) is 4.08. The van der Waals surface area contributed by atoms with Crippen LogP contribution in [0.15, 0.2) is 29.3 Å². The Labute approximate surface area is 105 Å². The topological polar surface area (TPSA) is 102 Å². The number of rotatable bonds is 2. The van der Waals surface area contributed by atoms with Crippen LogP contribution < -0.4 is 5.56 Å². The van der Waals surface area contributed by atoms with Crippen LogP contribution in [0.25, 0.3) is 16.7 Å². The number of carbonyl (C=O) groups is 1. The van der Waals surface area contributed by atoms with Crippen molar-refractivity contribution in [3.05, 3.63) is 34.9 Å². The summed E-state index contributed by atoms with van der Waals surface area (Å²) >= 11 is 0. The molecule has 8 heteroatoms. The van der Waals surface area contributed by atoms with E-state index >= 15 is 0 Å². The number of nitrogens with zero attached hydrogens (tertiary/aromatic N) is 5. The fourth-order valence-electron chi connectivity index (χ4n) is 1.88. The molecule has 8 nitrogen and oxygen atoms in total. The molecule has 0 radical (unpaired) electrons. The van der Waals surface area contributed by atoms with E-state index in [0.717, 1.165) is 4.57 Å². The molecule has 3 rings (SSSR count). The molecule has 0 aliphatic heterocycles. The fourth-order valence-corrected chi connectivity index (χ4v) is 1.88. The van der Waals surface area contributed by atoms with Gasteiger partial charge in [0.05, 0.1) is 6.20 Å². The molecule has 0 fully saturated rings. The number of aromatic nitrogens is 5. The number of carboxylic acid groups (broad SMARTS) is 1. The molecule has 3 heterocycles. The molecule has 19 heavy (non-hydrogen) atoms. The Morgan fingerprint density at radius 2 is 2.16 bits per heavy atom. The van der Waals surface area contributed by atoms with E-state index in [1.54, 1.807) is 18.3 Å². The van der Waals surface area contributed by atoms with Crippen LogP contribution in [-0.2, 0) is 4.79 Å². The Hall–Kier alpha value is -2.77. The number of aliphatic carboxylic acids is 1. The van der Waals surface area contributed by atoms with Gasteiger partial charge in [-0.1, -0.05) is 0 Å². The molecule has 0 aliphatic rings. The Kier molecular flexibility index (Phi) is 2.31. The quantitative estimate of drug-likeness (QED) is 0.699. The molecule has 3 aromatic heterocycles. The number of carboxylic acids is 1. The third kappa shape index (κ3) is 1.57. The zero-order chi connectivity index (χ0) is 13.6. The van der Waals surface area contributed by atoms with Gasteiger partial charge in [0.1, 0.15) is 11.6 Å². The molecule has 0 spiro atoms. The summed E-state index contributed by atoms with van der Waals surface area (Å²) in [5.74, 6) is -1.09. The lowest BCUT2D eigenvalue weighted by atomic mass is 10.3. The molecule has 0 aliphatic carbocycles. The first-order chi connectivity index (χ1) is 9.09. The zero-order valence-electron chi connectivity index (χ0n) is 9.89. The molecule has 0 bridgehead atoms. The Morgan fingerprint density at radius 3 is 2.89 bits per heavy atom. The highest BCUT2D eigenvalue weighted by Crippen LogP contribution is 2.10. The molecule has 1 atom stereocenters. The molecule has 96 valence electrons. The van der Waals surface area contributed by atoms with Crippen molar-refractivity contribution in [3.8, 4) is 0 Å². The summed E-state index contributed by atoms with van der Waals surface area (Å²) in [5.41, 5.74) is 0.605. The number of fused-ring (bicyclic) bond motifs is 3. The fraction of sp³-hybridized carbons (Fsp3) is 0.182. The molecule has 3 aromatic rings. The van der Waals surface area contributed by atoms with Crippen molar-refractivity contribution in [2.75, 3.05) is 0 Å². The van der Waals surface area contributed by atoms with Crippen molar-refractivity contribution in [2.24, 2.45) is 0 Å². The van der Waals surface area contributed by atoms with E-state index in [4.69, 9.17) is 5.11 Å². The first kappa shape index (κ1) is 11.3. The second kappa shape index (κ2) is 3.87. The monoisotopic (exact) mass is 259 g/mol. The molecule has 0 amide bonds. The van der Waals surface area contributed by atoms with Gasteiger partial charge in [-0.2, -0.15) is 5.10 Å². The van der Waals surface area contributed by atoms with Crippen molar-refractivity contribution in [2.45, 2.75) is 13.0 Å². The summed E-state index contributed by atoms with van der Waals surface area (Å²) in [6.45, 7) is 1.43. The number of hydrogen-bond donors (Lipinski definition) is 1. The predicted octanol–water partition coefficient (Wildman–Crippen LogP) is 0.0848. The van der Waals surface area contributed by atoms with Crippen molar-refractivity contribution in [1.82, 2.24) is 24.4 Å². The summed E-state index contributed by atoms with van der Waals surface area (Å²) in [5, 5.41) is 20.7. The number of pyridine rings is 1. The van der Waals surface area contributed by atoms with Gasteiger partial charge >= 0.3 is 5.97 Å². The van der Waals surface area contributed by atoms with Crippen LogP contribution in [0.4, 0.5) is 0 Å². The van der Waals surface area contributed by atoms with Gasteiger partial charge in [-0.25, -0.2) is 9.31 Å². The smallest absolute Gasteiger partial charge is 0.326 e. The van der Waals surface area contributed by atoms with Gasteiger partial charge in [-0.3, -0.25) is 9.36 Å². The average molecular weight is 259 g/mol. The molecule has 0 unspecified atom stereocenters. The molecule has 0 saturated heterocycles. The molecule has 1 N–H and O–H groups in total. The van der Waals surface area contributed by atoms with E-state index in [1.807, 2.05) is 0 Å². The van der Waals surface area contributed by atoms with Crippen LogP contribution >= 0.6 is 0 Å². The van der Waals surface area contributed by atoms with Crippen LogP contribution in [0.3, 0.4) is 0 Å². The van der Waals surface area contributed by atoms with E-state index in [0.29, 0.717) is 11.2 Å². The third-order valence-corrected chi connectivity index (χ3v) is 2.95. The van der Waals surface area contributed by atoms with Gasteiger partial charge in [0.2, 0.25) is 0 Å². The Morgan fingerprint density at radius 1 is 1.37 bits per heavy atom. The van der Waals surface area contributed by atoms with Gasteiger partial charge in [-0.05, 0) is 13.0 Å². The predicted molar refractivity (Wildman–Crippen MR) is 64.9 cm³/mol. The normalized spacial score (nSPS) is 12.9. The summed E-state index contributed by atoms with van der Waals surface area (Å²) < 4.78 is 2.59. The van der Waals surface area contributed by atoms with E-state index in [1.165, 1.54) is 17.6 Å². The van der Waals surface area contributed by atoms with Crippen LogP contribution in [0.5, 0.6) is 0 Å². The molecule has 0 aromatic carbocycles. The van der Waals surface area contributed by atoms with Gasteiger partial charge in [0.15, 0.2) is 11.2 Å². The third-order valence-electron chi connectivity index (χ3n) is 2.95. The van der Waals surface area contributed by atoms with Crippen LogP contribution in [0.1, 0.15) is 13.0 Å². The minimum Gasteiger partial charge on any atom is -0.480 e. The average Bonchev–Trinajstić information content (AvgIpc) is 2.86. The summed E-state index contributed by atoms with van der Waals surface area (Å²) in [6.07, 6.45) is 2.97. The van der Waals surface area contributed by atoms with E-state index in [-0.39, 0.29) is 5.52 Å². The van der Waals surface area contributed by atoms with Crippen LogP contribution in [0, 0.1) is 0 Å². The van der Waals surface area contributed by atoms with Crippen molar-refractivity contribution in [3.63, 3.8) is 0 Å². The largest absolute Gasteiger partial charge is 0.480 e. The van der Waals surface area contributed by atoms with Gasteiger partial charge in [0.25, 0.3) is 5.56 Å². The van der Waals surface area contributed by atoms with E-state index < -0.39 is 17.6 Å². The summed E-state index contributed by atoms with van der Waals surface area (Å²) in [7, 11) is 0. The standard InChI is InChI=1S/C11H9N5O3/c1-6(11(18)19)15-5-3-7-9(10(15)17)14-13-8-2-4-12-16(7)8/h2-6H,1H3,(H,18,19)/t6-/m0/s1. The molecule has 0 saturated carbocycles. The minimum atomic E-state index is -1.09. The van der Waals surface area contributed by atoms with Gasteiger partial charge in [-0.15, -0.1) is 10.2 Å². The molecular weight excluding hydrogens is 250 g/mol. The van der Waals surface area contributed by atoms with Crippen LogP contribution in [-0.4, -0.2) is 35.5 Å². The highest BCUT2D eigenvalue weighted by molar-refractivity contribution is 5.76. The summed E-state index contributed by atoms with van der Waals surface area (Å²) in [6, 6.07) is 2.30.